The fraction of sp³-hybridized carbons (Fsp3) is 0.353. The van der Waals surface area contributed by atoms with Crippen molar-refractivity contribution in [3.05, 3.63) is 83.3 Å². The van der Waals surface area contributed by atoms with E-state index in [9.17, 15) is 13.2 Å². The zero-order valence-corrected chi connectivity index (χ0v) is 29.8. The predicted octanol–water partition coefficient (Wildman–Crippen LogP) is 9.34. The van der Waals surface area contributed by atoms with E-state index in [1.165, 1.54) is 17.1 Å². The van der Waals surface area contributed by atoms with Gasteiger partial charge in [0.25, 0.3) is 0 Å². The lowest BCUT2D eigenvalue weighted by Gasteiger charge is -2.36. The van der Waals surface area contributed by atoms with Gasteiger partial charge in [-0.25, -0.2) is 18.7 Å². The highest BCUT2D eigenvalue weighted by Gasteiger charge is 2.37. The minimum atomic E-state index is -4.66. The normalized spacial score (nSPS) is 12.4. The van der Waals surface area contributed by atoms with Crippen LogP contribution in [0.15, 0.2) is 61.1 Å². The zero-order valence-electron chi connectivity index (χ0n) is 28.0. The van der Waals surface area contributed by atoms with Crippen LogP contribution in [0.25, 0.3) is 22.4 Å². The summed E-state index contributed by atoms with van der Waals surface area (Å²) in [5, 5.41) is 8.80. The fourth-order valence-corrected chi connectivity index (χ4v) is 5.87. The van der Waals surface area contributed by atoms with Crippen molar-refractivity contribution in [1.82, 2.24) is 24.7 Å². The average molecular weight is 735 g/mol. The molecule has 0 radical (unpaired) electrons. The van der Waals surface area contributed by atoms with Crippen molar-refractivity contribution in [3.8, 4) is 23.0 Å². The maximum Gasteiger partial charge on any atom is 0.422 e. The number of halogens is 6. The summed E-state index contributed by atoms with van der Waals surface area (Å²) in [7, 11) is -1.92. The summed E-state index contributed by atoms with van der Waals surface area (Å²) in [6.07, 6.45) is 0.509. The molecule has 1 N–H and O–H groups in total. The van der Waals surface area contributed by atoms with Gasteiger partial charge in [-0.1, -0.05) is 50.6 Å². The predicted molar refractivity (Wildman–Crippen MR) is 184 cm³/mol. The van der Waals surface area contributed by atoms with Gasteiger partial charge >= 0.3 is 6.18 Å². The number of hydrogen-bond acceptors (Lipinski definition) is 8. The minimum Gasteiger partial charge on any atom is -0.488 e. The Labute approximate surface area is 291 Å². The third-order valence-electron chi connectivity index (χ3n) is 8.29. The van der Waals surface area contributed by atoms with Gasteiger partial charge in [-0.2, -0.15) is 18.3 Å². The van der Waals surface area contributed by atoms with Crippen LogP contribution in [0, 0.1) is 11.6 Å². The van der Waals surface area contributed by atoms with Crippen molar-refractivity contribution in [2.75, 3.05) is 25.1 Å². The van der Waals surface area contributed by atoms with E-state index in [1.807, 2.05) is 0 Å². The smallest absolute Gasteiger partial charge is 0.422 e. The van der Waals surface area contributed by atoms with Crippen molar-refractivity contribution >= 4 is 42.3 Å². The molecule has 0 aliphatic carbocycles. The van der Waals surface area contributed by atoms with Crippen LogP contribution in [0.1, 0.15) is 32.8 Å². The first-order valence-electron chi connectivity index (χ1n) is 15.7. The largest absolute Gasteiger partial charge is 0.488 e. The molecule has 3 aromatic heterocycles. The molecule has 5 rings (SSSR count). The van der Waals surface area contributed by atoms with Crippen molar-refractivity contribution in [3.63, 3.8) is 0 Å². The molecule has 0 atom stereocenters. The molecule has 3 heterocycles. The number of ether oxygens (including phenoxy) is 2. The van der Waals surface area contributed by atoms with E-state index >= 15 is 8.78 Å². The lowest BCUT2D eigenvalue weighted by atomic mass is 10.1. The molecule has 0 saturated carbocycles. The molecule has 5 aromatic rings. The van der Waals surface area contributed by atoms with Crippen LogP contribution in [0.3, 0.4) is 0 Å². The first-order valence-corrected chi connectivity index (χ1v) is 18.9. The Bertz CT molecular complexity index is 1950. The van der Waals surface area contributed by atoms with E-state index in [0.29, 0.717) is 70.6 Å². The Morgan fingerprint density at radius 3 is 2.36 bits per heavy atom. The Kier molecular flexibility index (Phi) is 11.0. The molecule has 2 aromatic carbocycles. The van der Waals surface area contributed by atoms with Crippen LogP contribution in [0.4, 0.5) is 33.5 Å². The summed E-state index contributed by atoms with van der Waals surface area (Å²) in [4.78, 5) is 13.3. The highest BCUT2D eigenvalue weighted by molar-refractivity contribution is 6.74. The van der Waals surface area contributed by atoms with Crippen LogP contribution in [0.2, 0.25) is 23.2 Å². The molecule has 0 spiro atoms. The summed E-state index contributed by atoms with van der Waals surface area (Å²) in [6, 6.07) is 10.1. The Morgan fingerprint density at radius 2 is 1.68 bits per heavy atom. The van der Waals surface area contributed by atoms with E-state index in [0.717, 1.165) is 0 Å². The number of benzene rings is 2. The molecule has 0 unspecified atom stereocenters. The van der Waals surface area contributed by atoms with Gasteiger partial charge < -0.3 is 19.2 Å². The van der Waals surface area contributed by atoms with Gasteiger partial charge in [0.15, 0.2) is 32.3 Å². The van der Waals surface area contributed by atoms with Gasteiger partial charge in [-0.3, -0.25) is 9.67 Å². The zero-order chi connectivity index (χ0) is 36.3. The molecule has 0 aliphatic heterocycles. The number of hydrogen-bond donors (Lipinski definition) is 1. The second-order valence-corrected chi connectivity index (χ2v) is 18.2. The summed E-state index contributed by atoms with van der Waals surface area (Å²) >= 11 is 6.38. The first kappa shape index (κ1) is 36.9. The number of alkyl halides is 3. The van der Waals surface area contributed by atoms with Crippen molar-refractivity contribution in [1.29, 1.82) is 0 Å². The lowest BCUT2D eigenvalue weighted by Crippen LogP contribution is -2.41. The monoisotopic (exact) mass is 734 g/mol. The van der Waals surface area contributed by atoms with Crippen molar-refractivity contribution in [2.45, 2.75) is 58.0 Å². The van der Waals surface area contributed by atoms with Crippen LogP contribution in [-0.4, -0.2) is 59.0 Å². The standard InChI is InChI=1S/C34H36ClF5N6O3Si/c1-33(2,3)50(4,5)49-14-8-13-47-29-18-42-32(44-31(29)43-27-11-12-41-17-24(27)35)30-22-9-6-7-10-28(22)46(45-30)19-23-25(36)15-21(16-26(23)37)48-20-34(38,39)40/h6-7,9-12,15-18H,8,13-14,19-20H2,1-5H3,(H,41,42,43,44). The number of aromatic nitrogens is 5. The van der Waals surface area contributed by atoms with E-state index in [-0.39, 0.29) is 17.4 Å². The van der Waals surface area contributed by atoms with Gasteiger partial charge in [0, 0.05) is 48.5 Å². The number of nitrogens with zero attached hydrogens (tertiary/aromatic N) is 5. The third-order valence-corrected chi connectivity index (χ3v) is 13.1. The Morgan fingerprint density at radius 1 is 0.960 bits per heavy atom. The molecular formula is C34H36ClF5N6O3Si. The van der Waals surface area contributed by atoms with E-state index in [2.05, 4.69) is 59.0 Å². The molecule has 16 heteroatoms. The summed E-state index contributed by atoms with van der Waals surface area (Å²) in [5.41, 5.74) is 0.920. The summed E-state index contributed by atoms with van der Waals surface area (Å²) in [5.74, 6) is -1.94. The third kappa shape index (κ3) is 8.87. The minimum absolute atomic E-state index is 0.0805. The number of anilines is 2. The van der Waals surface area contributed by atoms with Crippen LogP contribution in [0.5, 0.6) is 11.5 Å². The van der Waals surface area contributed by atoms with Crippen molar-refractivity contribution < 1.29 is 35.9 Å². The van der Waals surface area contributed by atoms with E-state index in [1.54, 1.807) is 36.5 Å². The number of para-hydroxylation sites is 1. The van der Waals surface area contributed by atoms with Gasteiger partial charge in [0.2, 0.25) is 0 Å². The van der Waals surface area contributed by atoms with Crippen LogP contribution < -0.4 is 14.8 Å². The molecule has 50 heavy (non-hydrogen) atoms. The second kappa shape index (κ2) is 14.9. The lowest BCUT2D eigenvalue weighted by molar-refractivity contribution is -0.153. The highest BCUT2D eigenvalue weighted by atomic mass is 35.5. The van der Waals surface area contributed by atoms with Gasteiger partial charge in [-0.15, -0.1) is 0 Å². The summed E-state index contributed by atoms with van der Waals surface area (Å²) in [6.45, 7) is 9.70. The maximum absolute atomic E-state index is 15.0. The van der Waals surface area contributed by atoms with Crippen LogP contribution >= 0.6 is 11.6 Å². The molecular weight excluding hydrogens is 699 g/mol. The maximum atomic E-state index is 15.0. The Balaban J connectivity index is 1.43. The number of pyridine rings is 1. The molecule has 9 nitrogen and oxygen atoms in total. The SMILES string of the molecule is CC(C)(C)[Si](C)(C)OCCCOc1cnc(-c2nn(Cc3c(F)cc(OCC(F)(F)F)cc3F)c3ccccc23)nc1Nc1ccncc1Cl. The van der Waals surface area contributed by atoms with Gasteiger partial charge in [-0.05, 0) is 30.3 Å². The van der Waals surface area contributed by atoms with Gasteiger partial charge in [0.1, 0.15) is 23.1 Å². The quantitative estimate of drug-likeness (QED) is 0.0727. The van der Waals surface area contributed by atoms with E-state index in [4.69, 9.17) is 25.7 Å². The number of nitrogens with one attached hydrogen (secondary N) is 1. The molecule has 266 valence electrons. The topological polar surface area (TPSA) is 96.2 Å². The number of fused-ring (bicyclic) bond motifs is 1. The average Bonchev–Trinajstić information content (AvgIpc) is 3.40. The molecule has 0 amide bonds. The molecule has 0 saturated heterocycles. The van der Waals surface area contributed by atoms with Crippen molar-refractivity contribution in [2.24, 2.45) is 0 Å². The molecule has 0 bridgehead atoms. The Hall–Kier alpha value is -4.34. The highest BCUT2D eigenvalue weighted by Crippen LogP contribution is 2.37. The number of rotatable bonds is 13. The molecule has 0 aliphatic rings. The second-order valence-electron chi connectivity index (χ2n) is 13.0. The van der Waals surface area contributed by atoms with E-state index < -0.39 is 44.0 Å². The summed E-state index contributed by atoms with van der Waals surface area (Å²) < 4.78 is 86.0. The van der Waals surface area contributed by atoms with Crippen LogP contribution in [-0.2, 0) is 11.0 Å². The van der Waals surface area contributed by atoms with Gasteiger partial charge in [0.05, 0.1) is 35.6 Å². The fourth-order valence-electron chi connectivity index (χ4n) is 4.61. The molecule has 0 fully saturated rings. The first-order chi connectivity index (χ1) is 23.5.